The maximum absolute atomic E-state index is 14.0. The second-order valence-electron chi connectivity index (χ2n) is 17.5. The number of hydrogen-bond donors (Lipinski definition) is 6. The Morgan fingerprint density at radius 3 is 2.45 bits per heavy atom. The molecule has 5 heterocycles. The van der Waals surface area contributed by atoms with Crippen LogP contribution in [0, 0.1) is 12.3 Å². The van der Waals surface area contributed by atoms with Gasteiger partial charge in [0.05, 0.1) is 27.9 Å². The standard InChI is InChI=1S/C46H57N9O6S/c1-28-41(62-27-49-28)30-15-13-29(14-16-30)23-48-44(60)37-22-33(56)26-55(37)45(61)42(46(2,3)4)51-39(58)12-6-5-9-18-47-19-17-40(59)54-24-32(25-54)35-20-31-21-36(52-53-43(31)50-35)34-10-7-8-11-38(34)57/h7-8,10-11,13-16,20-21,27,32-33,37,42,47,56-57H,5-6,9,12,17-19,22-26H2,1-4H3,(H,48,60)(H,50,53)(H,51,58)/t33-,37+,42-/m1/s1. The van der Waals surface area contributed by atoms with Crippen LogP contribution >= 0.6 is 11.3 Å². The van der Waals surface area contributed by atoms with Crippen LogP contribution in [0.25, 0.3) is 32.7 Å². The number of hydrogen-bond acceptors (Lipinski definition) is 11. The summed E-state index contributed by atoms with van der Waals surface area (Å²) in [5, 5.41) is 39.5. The summed E-state index contributed by atoms with van der Waals surface area (Å²) < 4.78 is 0. The first-order valence-electron chi connectivity index (χ1n) is 21.4. The largest absolute Gasteiger partial charge is 0.507 e. The van der Waals surface area contributed by atoms with Gasteiger partial charge < -0.3 is 40.9 Å². The highest BCUT2D eigenvalue weighted by Crippen LogP contribution is 2.33. The summed E-state index contributed by atoms with van der Waals surface area (Å²) >= 11 is 1.58. The van der Waals surface area contributed by atoms with Crippen molar-refractivity contribution < 1.29 is 29.4 Å². The van der Waals surface area contributed by atoms with E-state index >= 15 is 0 Å². The van der Waals surface area contributed by atoms with Crippen LogP contribution in [0.15, 0.2) is 66.2 Å². The molecular weight excluding hydrogens is 807 g/mol. The monoisotopic (exact) mass is 863 g/mol. The molecule has 2 aliphatic heterocycles. The molecule has 7 rings (SSSR count). The Morgan fingerprint density at radius 2 is 1.73 bits per heavy atom. The average Bonchev–Trinajstić information content (AvgIpc) is 3.96. The number of unbranched alkanes of at least 4 members (excludes halogenated alkanes) is 2. The summed E-state index contributed by atoms with van der Waals surface area (Å²) in [6, 6.07) is 17.2. The predicted octanol–water partition coefficient (Wildman–Crippen LogP) is 5.04. The molecule has 0 aliphatic carbocycles. The number of aliphatic hydroxyl groups excluding tert-OH is 1. The number of aromatic amines is 1. The summed E-state index contributed by atoms with van der Waals surface area (Å²) in [7, 11) is 0. The van der Waals surface area contributed by atoms with Gasteiger partial charge in [-0.3, -0.25) is 19.2 Å². The molecule has 2 saturated heterocycles. The Balaban J connectivity index is 0.783. The lowest BCUT2D eigenvalue weighted by atomic mass is 9.85. The van der Waals surface area contributed by atoms with E-state index in [2.05, 4.69) is 36.1 Å². The molecule has 2 aromatic carbocycles. The fraction of sp³-hybridized carbons (Fsp3) is 0.457. The van der Waals surface area contributed by atoms with Crippen LogP contribution in [-0.4, -0.2) is 115 Å². The van der Waals surface area contributed by atoms with Gasteiger partial charge in [0.2, 0.25) is 23.6 Å². The normalized spacial score (nSPS) is 17.2. The van der Waals surface area contributed by atoms with E-state index in [1.165, 1.54) is 4.90 Å². The molecule has 6 N–H and O–H groups in total. The minimum atomic E-state index is -0.875. The third kappa shape index (κ3) is 10.7. The van der Waals surface area contributed by atoms with Crippen LogP contribution in [0.1, 0.15) is 82.2 Å². The van der Waals surface area contributed by atoms with Gasteiger partial charge in [0, 0.05) is 74.5 Å². The number of para-hydroxylation sites is 1. The quantitative estimate of drug-likeness (QED) is 0.0688. The zero-order chi connectivity index (χ0) is 44.0. The number of benzene rings is 2. The van der Waals surface area contributed by atoms with Crippen molar-refractivity contribution in [3.8, 4) is 27.4 Å². The van der Waals surface area contributed by atoms with Crippen LogP contribution in [-0.2, 0) is 25.7 Å². The van der Waals surface area contributed by atoms with Gasteiger partial charge in [-0.05, 0) is 67.1 Å². The predicted molar refractivity (Wildman–Crippen MR) is 238 cm³/mol. The summed E-state index contributed by atoms with van der Waals surface area (Å²) in [5.74, 6) is -0.515. The molecule has 15 nitrogen and oxygen atoms in total. The zero-order valence-electron chi connectivity index (χ0n) is 35.8. The fourth-order valence-corrected chi connectivity index (χ4v) is 8.89. The molecule has 328 valence electrons. The minimum Gasteiger partial charge on any atom is -0.507 e. The number of H-pyrrole nitrogens is 1. The number of nitrogens with one attached hydrogen (secondary N) is 4. The molecule has 2 fully saturated rings. The van der Waals surface area contributed by atoms with Crippen molar-refractivity contribution in [2.45, 2.75) is 96.9 Å². The first kappa shape index (κ1) is 44.3. The van der Waals surface area contributed by atoms with Gasteiger partial charge >= 0.3 is 0 Å². The number of phenolic OH excluding ortho intramolecular Hbond substituents is 1. The first-order valence-corrected chi connectivity index (χ1v) is 22.3. The third-order valence-electron chi connectivity index (χ3n) is 11.7. The summed E-state index contributed by atoms with van der Waals surface area (Å²) in [4.78, 5) is 65.4. The van der Waals surface area contributed by atoms with E-state index in [0.29, 0.717) is 49.4 Å². The minimum absolute atomic E-state index is 0.0187. The Labute approximate surface area is 365 Å². The number of aromatic nitrogens is 4. The van der Waals surface area contributed by atoms with E-state index < -0.39 is 23.6 Å². The fourth-order valence-electron chi connectivity index (χ4n) is 8.08. The lowest BCUT2D eigenvalue weighted by Gasteiger charge is -2.39. The summed E-state index contributed by atoms with van der Waals surface area (Å²) in [6.45, 7) is 10.4. The van der Waals surface area contributed by atoms with Crippen molar-refractivity contribution in [2.75, 3.05) is 32.7 Å². The Morgan fingerprint density at radius 1 is 0.952 bits per heavy atom. The molecule has 0 spiro atoms. The molecule has 5 aromatic rings. The van der Waals surface area contributed by atoms with Crippen molar-refractivity contribution in [2.24, 2.45) is 5.41 Å². The molecule has 62 heavy (non-hydrogen) atoms. The van der Waals surface area contributed by atoms with Gasteiger partial charge in [0.1, 0.15) is 17.8 Å². The van der Waals surface area contributed by atoms with Crippen molar-refractivity contribution in [1.29, 1.82) is 0 Å². The second-order valence-corrected chi connectivity index (χ2v) is 18.4. The molecule has 3 atom stereocenters. The number of aryl methyl sites for hydroxylation is 1. The van der Waals surface area contributed by atoms with Crippen LogP contribution in [0.2, 0.25) is 0 Å². The Bertz CT molecular complexity index is 2370. The molecule has 16 heteroatoms. The maximum atomic E-state index is 14.0. The van der Waals surface area contributed by atoms with Crippen molar-refractivity contribution in [1.82, 2.24) is 45.9 Å². The lowest BCUT2D eigenvalue weighted by Crippen LogP contribution is -2.57. The van der Waals surface area contributed by atoms with Crippen LogP contribution in [0.3, 0.4) is 0 Å². The number of likely N-dealkylation sites (tertiary alicyclic amines) is 2. The number of thiazole rings is 1. The van der Waals surface area contributed by atoms with Gasteiger partial charge in [-0.25, -0.2) is 4.98 Å². The average molecular weight is 864 g/mol. The van der Waals surface area contributed by atoms with E-state index in [4.69, 9.17) is 0 Å². The molecule has 0 saturated carbocycles. The van der Waals surface area contributed by atoms with E-state index in [-0.39, 0.29) is 61.2 Å². The molecule has 0 bridgehead atoms. The number of aliphatic hydroxyl groups is 1. The number of rotatable bonds is 17. The molecule has 4 amide bonds. The second kappa shape index (κ2) is 19.6. The van der Waals surface area contributed by atoms with E-state index in [1.54, 1.807) is 29.5 Å². The van der Waals surface area contributed by atoms with Crippen LogP contribution < -0.4 is 16.0 Å². The number of β-amino-alcohol motifs (C(OH)–C–C–N with tert-alkyl or cyclic N) is 1. The number of nitrogens with zero attached hydrogens (tertiary/aromatic N) is 5. The topological polar surface area (TPSA) is 206 Å². The number of aromatic hydroxyl groups is 1. The van der Waals surface area contributed by atoms with Gasteiger partial charge in [-0.15, -0.1) is 21.5 Å². The number of carbonyl (C=O) groups is 4. The number of amides is 4. The van der Waals surface area contributed by atoms with Gasteiger partial charge in [0.15, 0.2) is 5.65 Å². The van der Waals surface area contributed by atoms with Crippen LogP contribution in [0.4, 0.5) is 0 Å². The van der Waals surface area contributed by atoms with Gasteiger partial charge in [0.25, 0.3) is 0 Å². The van der Waals surface area contributed by atoms with Crippen molar-refractivity contribution >= 4 is 46.0 Å². The van der Waals surface area contributed by atoms with E-state index in [0.717, 1.165) is 52.2 Å². The Kier molecular flexibility index (Phi) is 14.0. The first-order chi connectivity index (χ1) is 29.7. The smallest absolute Gasteiger partial charge is 0.246 e. The highest BCUT2D eigenvalue weighted by Gasteiger charge is 2.44. The molecule has 0 unspecified atom stereocenters. The maximum Gasteiger partial charge on any atom is 0.246 e. The van der Waals surface area contributed by atoms with Crippen LogP contribution in [0.5, 0.6) is 5.75 Å². The van der Waals surface area contributed by atoms with E-state index in [1.807, 2.05) is 80.6 Å². The van der Waals surface area contributed by atoms with Crippen molar-refractivity contribution in [3.05, 3.63) is 83.1 Å². The number of phenols is 1. The summed E-state index contributed by atoms with van der Waals surface area (Å²) in [6.07, 6.45) is 2.21. The summed E-state index contributed by atoms with van der Waals surface area (Å²) in [5.41, 5.74) is 7.02. The van der Waals surface area contributed by atoms with Gasteiger partial charge in [-0.2, -0.15) is 0 Å². The molecular formula is C46H57N9O6S. The Hall–Kier alpha value is -5.71. The van der Waals surface area contributed by atoms with E-state index in [9.17, 15) is 29.4 Å². The molecule has 3 aromatic heterocycles. The highest BCUT2D eigenvalue weighted by atomic mass is 32.1. The number of carbonyl (C=O) groups excluding carboxylic acids is 4. The third-order valence-corrected chi connectivity index (χ3v) is 12.7. The highest BCUT2D eigenvalue weighted by molar-refractivity contribution is 7.13. The lowest BCUT2D eigenvalue weighted by molar-refractivity contribution is -0.144. The van der Waals surface area contributed by atoms with Gasteiger partial charge in [-0.1, -0.05) is 63.6 Å². The number of fused-ring (bicyclic) bond motifs is 1. The SMILES string of the molecule is Cc1ncsc1-c1ccc(CNC(=O)[C@@H]2C[C@@H](O)CN2C(=O)[C@@H](NC(=O)CCCCCNCCC(=O)N2CC(c3cc4cc(-c5ccccc5O)nnc4[nH]3)C2)C(C)(C)C)cc1. The van der Waals surface area contributed by atoms with Crippen molar-refractivity contribution in [3.63, 3.8) is 0 Å². The molecule has 0 radical (unpaired) electrons. The zero-order valence-corrected chi connectivity index (χ0v) is 36.6. The molecule has 2 aliphatic rings.